The summed E-state index contributed by atoms with van der Waals surface area (Å²) in [5.74, 6) is 0.912. The van der Waals surface area contributed by atoms with Gasteiger partial charge in [-0.15, -0.1) is 0 Å². The van der Waals surface area contributed by atoms with Gasteiger partial charge in [-0.3, -0.25) is 0 Å². The third-order valence-corrected chi connectivity index (χ3v) is 2.46. The van der Waals surface area contributed by atoms with E-state index in [0.29, 0.717) is 0 Å². The summed E-state index contributed by atoms with van der Waals surface area (Å²) in [6.07, 6.45) is 4.08. The van der Waals surface area contributed by atoms with Crippen LogP contribution in [0.5, 0.6) is 5.75 Å². The number of aryl methyl sites for hydroxylation is 1. The zero-order valence-electron chi connectivity index (χ0n) is 9.23. The first-order valence-corrected chi connectivity index (χ1v) is 5.35. The number of fused-ring (bicyclic) bond motifs is 1. The van der Waals surface area contributed by atoms with E-state index >= 15 is 0 Å². The molecule has 0 N–H and O–H groups in total. The first-order chi connectivity index (χ1) is 7.31. The van der Waals surface area contributed by atoms with Crippen LogP contribution < -0.4 is 4.74 Å². The lowest BCUT2D eigenvalue weighted by atomic mass is 10.3. The van der Waals surface area contributed by atoms with Crippen LogP contribution in [0.1, 0.15) is 19.8 Å². The van der Waals surface area contributed by atoms with E-state index in [1.165, 1.54) is 0 Å². The Morgan fingerprint density at radius 2 is 2.27 bits per heavy atom. The van der Waals surface area contributed by atoms with Gasteiger partial charge in [-0.25, -0.2) is 4.98 Å². The predicted octanol–water partition coefficient (Wildman–Crippen LogP) is 2.75. The average Bonchev–Trinajstić information content (AvgIpc) is 2.61. The molecule has 0 fully saturated rings. The van der Waals surface area contributed by atoms with Gasteiger partial charge in [-0.1, -0.05) is 13.3 Å². The summed E-state index contributed by atoms with van der Waals surface area (Å²) in [5, 5.41) is 0. The van der Waals surface area contributed by atoms with E-state index < -0.39 is 0 Å². The molecule has 0 atom stereocenters. The average molecular weight is 204 g/mol. The second kappa shape index (κ2) is 4.34. The molecule has 3 heteroatoms. The van der Waals surface area contributed by atoms with Crippen LogP contribution >= 0.6 is 0 Å². The molecule has 2 aromatic rings. The van der Waals surface area contributed by atoms with E-state index in [-0.39, 0.29) is 0 Å². The molecule has 1 heterocycles. The fourth-order valence-electron chi connectivity index (χ4n) is 1.54. The number of rotatable bonds is 4. The number of imidazole rings is 1. The molecule has 0 bridgehead atoms. The number of hydrogen-bond donors (Lipinski definition) is 0. The third kappa shape index (κ3) is 2.12. The Labute approximate surface area is 89.7 Å². The molecule has 0 aliphatic rings. The van der Waals surface area contributed by atoms with Gasteiger partial charge in [0.2, 0.25) is 0 Å². The largest absolute Gasteiger partial charge is 0.494 e. The van der Waals surface area contributed by atoms with E-state index in [4.69, 9.17) is 4.74 Å². The highest BCUT2D eigenvalue weighted by atomic mass is 16.5. The summed E-state index contributed by atoms with van der Waals surface area (Å²) in [5.41, 5.74) is 2.13. The number of unbranched alkanes of at least 4 members (excludes halogenated alkanes) is 1. The Hall–Kier alpha value is -1.51. The van der Waals surface area contributed by atoms with E-state index in [1.807, 2.05) is 36.1 Å². The van der Waals surface area contributed by atoms with Crippen molar-refractivity contribution >= 4 is 11.0 Å². The molecule has 0 spiro atoms. The van der Waals surface area contributed by atoms with Crippen LogP contribution in [-0.2, 0) is 7.05 Å². The highest BCUT2D eigenvalue weighted by molar-refractivity contribution is 5.76. The summed E-state index contributed by atoms with van der Waals surface area (Å²) in [6, 6.07) is 6.04. The first kappa shape index (κ1) is 10.0. The SMILES string of the molecule is CCCCOc1ccc2c(c1)ncn2C. The van der Waals surface area contributed by atoms with Gasteiger partial charge in [0.25, 0.3) is 0 Å². The van der Waals surface area contributed by atoms with Gasteiger partial charge in [0.05, 0.1) is 24.0 Å². The van der Waals surface area contributed by atoms with E-state index in [1.54, 1.807) is 0 Å². The number of nitrogens with zero attached hydrogens (tertiary/aromatic N) is 2. The number of aromatic nitrogens is 2. The van der Waals surface area contributed by atoms with E-state index in [0.717, 1.165) is 36.2 Å². The zero-order chi connectivity index (χ0) is 10.7. The molecule has 0 aliphatic carbocycles. The van der Waals surface area contributed by atoms with Crippen molar-refractivity contribution in [3.05, 3.63) is 24.5 Å². The van der Waals surface area contributed by atoms with Crippen LogP contribution in [0.25, 0.3) is 11.0 Å². The monoisotopic (exact) mass is 204 g/mol. The van der Waals surface area contributed by atoms with Crippen LogP contribution in [0, 0.1) is 0 Å². The van der Waals surface area contributed by atoms with Gasteiger partial charge in [0, 0.05) is 13.1 Å². The quantitative estimate of drug-likeness (QED) is 0.716. The third-order valence-electron chi connectivity index (χ3n) is 2.46. The molecule has 80 valence electrons. The molecule has 15 heavy (non-hydrogen) atoms. The highest BCUT2D eigenvalue weighted by Gasteiger charge is 2.01. The van der Waals surface area contributed by atoms with Crippen molar-refractivity contribution in [2.75, 3.05) is 6.61 Å². The Morgan fingerprint density at radius 1 is 1.40 bits per heavy atom. The van der Waals surface area contributed by atoms with E-state index in [9.17, 15) is 0 Å². The Morgan fingerprint density at radius 3 is 3.07 bits per heavy atom. The van der Waals surface area contributed by atoms with Gasteiger partial charge in [-0.05, 0) is 18.6 Å². The van der Waals surface area contributed by atoms with Crippen molar-refractivity contribution in [2.24, 2.45) is 7.05 Å². The standard InChI is InChI=1S/C12H16N2O/c1-3-4-7-15-10-5-6-12-11(8-10)13-9-14(12)2/h5-6,8-9H,3-4,7H2,1-2H3. The summed E-state index contributed by atoms with van der Waals surface area (Å²) < 4.78 is 7.62. The maximum Gasteiger partial charge on any atom is 0.121 e. The van der Waals surface area contributed by atoms with Gasteiger partial charge in [0.15, 0.2) is 0 Å². The Balaban J connectivity index is 2.16. The second-order valence-electron chi connectivity index (χ2n) is 3.71. The Kier molecular flexibility index (Phi) is 2.90. The van der Waals surface area contributed by atoms with Crippen molar-refractivity contribution in [3.63, 3.8) is 0 Å². The maximum absolute atomic E-state index is 5.61. The van der Waals surface area contributed by atoms with Crippen LogP contribution in [0.4, 0.5) is 0 Å². The summed E-state index contributed by atoms with van der Waals surface area (Å²) >= 11 is 0. The molecule has 0 amide bonds. The fraction of sp³-hybridized carbons (Fsp3) is 0.417. The highest BCUT2D eigenvalue weighted by Crippen LogP contribution is 2.19. The molecular weight excluding hydrogens is 188 g/mol. The minimum atomic E-state index is 0.787. The summed E-state index contributed by atoms with van der Waals surface area (Å²) in [4.78, 5) is 4.29. The molecule has 0 saturated carbocycles. The molecule has 0 unspecified atom stereocenters. The molecule has 0 radical (unpaired) electrons. The van der Waals surface area contributed by atoms with Gasteiger partial charge < -0.3 is 9.30 Å². The van der Waals surface area contributed by atoms with Crippen molar-refractivity contribution in [1.29, 1.82) is 0 Å². The van der Waals surface area contributed by atoms with Crippen molar-refractivity contribution in [3.8, 4) is 5.75 Å². The molecular formula is C12H16N2O. The lowest BCUT2D eigenvalue weighted by molar-refractivity contribution is 0.310. The van der Waals surface area contributed by atoms with Crippen LogP contribution in [-0.4, -0.2) is 16.2 Å². The number of ether oxygens (including phenoxy) is 1. The Bertz CT molecular complexity index is 448. The van der Waals surface area contributed by atoms with E-state index in [2.05, 4.69) is 11.9 Å². The summed E-state index contributed by atoms with van der Waals surface area (Å²) in [7, 11) is 1.99. The topological polar surface area (TPSA) is 27.1 Å². The van der Waals surface area contributed by atoms with Crippen molar-refractivity contribution in [1.82, 2.24) is 9.55 Å². The molecule has 2 rings (SSSR count). The van der Waals surface area contributed by atoms with Crippen LogP contribution in [0.2, 0.25) is 0 Å². The van der Waals surface area contributed by atoms with Crippen LogP contribution in [0.3, 0.4) is 0 Å². The predicted molar refractivity (Wildman–Crippen MR) is 61.1 cm³/mol. The molecule has 0 saturated heterocycles. The molecule has 3 nitrogen and oxygen atoms in total. The first-order valence-electron chi connectivity index (χ1n) is 5.35. The lowest BCUT2D eigenvalue weighted by Gasteiger charge is -2.04. The molecule has 1 aromatic heterocycles. The van der Waals surface area contributed by atoms with Gasteiger partial charge in [-0.2, -0.15) is 0 Å². The van der Waals surface area contributed by atoms with Crippen LogP contribution in [0.15, 0.2) is 24.5 Å². The summed E-state index contributed by atoms with van der Waals surface area (Å²) in [6.45, 7) is 2.94. The second-order valence-corrected chi connectivity index (χ2v) is 3.71. The smallest absolute Gasteiger partial charge is 0.121 e. The normalized spacial score (nSPS) is 10.8. The minimum Gasteiger partial charge on any atom is -0.494 e. The fourth-order valence-corrected chi connectivity index (χ4v) is 1.54. The minimum absolute atomic E-state index is 0.787. The number of benzene rings is 1. The van der Waals surface area contributed by atoms with Gasteiger partial charge in [0.1, 0.15) is 5.75 Å². The van der Waals surface area contributed by atoms with Gasteiger partial charge >= 0.3 is 0 Å². The van der Waals surface area contributed by atoms with Crippen molar-refractivity contribution < 1.29 is 4.74 Å². The maximum atomic E-state index is 5.61. The molecule has 0 aliphatic heterocycles. The lowest BCUT2D eigenvalue weighted by Crippen LogP contribution is -1.96. The zero-order valence-corrected chi connectivity index (χ0v) is 9.23. The van der Waals surface area contributed by atoms with Crippen molar-refractivity contribution in [2.45, 2.75) is 19.8 Å². The molecule has 1 aromatic carbocycles. The number of hydrogen-bond acceptors (Lipinski definition) is 2.